The number of nitrogens with zero attached hydrogens (tertiary/aromatic N) is 5. The zero-order valence-corrected chi connectivity index (χ0v) is 19.3. The van der Waals surface area contributed by atoms with E-state index in [4.69, 9.17) is 24.5 Å². The molecule has 200 valence electrons. The molecule has 36 heavy (non-hydrogen) atoms. The summed E-state index contributed by atoms with van der Waals surface area (Å²) in [6.45, 7) is 6.44. The molecular formula is C19H21F6N5O5S. The fourth-order valence-electron chi connectivity index (χ4n) is 3.25. The molecule has 0 saturated carbocycles. The lowest BCUT2D eigenvalue weighted by molar-refractivity contribution is -0.193. The molecule has 2 aromatic rings. The number of fused-ring (bicyclic) bond motifs is 1. The Hall–Kier alpha value is -3.05. The lowest BCUT2D eigenvalue weighted by Crippen LogP contribution is -2.51. The molecule has 0 radical (unpaired) electrons. The highest BCUT2D eigenvalue weighted by atomic mass is 32.1. The first-order valence-electron chi connectivity index (χ1n) is 10.1. The van der Waals surface area contributed by atoms with Gasteiger partial charge in [0.05, 0.1) is 31.0 Å². The van der Waals surface area contributed by atoms with Crippen LogP contribution in [-0.4, -0.2) is 93.0 Å². The molecule has 0 spiro atoms. The van der Waals surface area contributed by atoms with Gasteiger partial charge in [0.2, 0.25) is 0 Å². The Balaban J connectivity index is 0.000000271. The van der Waals surface area contributed by atoms with Crippen LogP contribution < -0.4 is 4.90 Å². The van der Waals surface area contributed by atoms with Gasteiger partial charge in [-0.15, -0.1) is 16.4 Å². The fourth-order valence-corrected chi connectivity index (χ4v) is 3.90. The van der Waals surface area contributed by atoms with Crippen molar-refractivity contribution in [2.24, 2.45) is 0 Å². The number of hydrogen-bond donors (Lipinski definition) is 2. The number of ether oxygens (including phenoxy) is 1. The van der Waals surface area contributed by atoms with Crippen molar-refractivity contribution in [2.45, 2.75) is 38.0 Å². The van der Waals surface area contributed by atoms with Gasteiger partial charge in [0.25, 0.3) is 0 Å². The van der Waals surface area contributed by atoms with Crippen molar-refractivity contribution in [3.8, 4) is 0 Å². The molecule has 4 heterocycles. The van der Waals surface area contributed by atoms with Crippen molar-refractivity contribution >= 4 is 29.1 Å². The maximum absolute atomic E-state index is 10.6. The number of likely N-dealkylation sites (tertiary alicyclic amines) is 1. The molecule has 4 rings (SSSR count). The van der Waals surface area contributed by atoms with Crippen LogP contribution in [0.4, 0.5) is 32.2 Å². The Bertz CT molecular complexity index is 966. The number of carbonyl (C=O) groups is 2. The van der Waals surface area contributed by atoms with Gasteiger partial charge in [-0.1, -0.05) is 0 Å². The van der Waals surface area contributed by atoms with Gasteiger partial charge in [-0.05, 0) is 19.1 Å². The van der Waals surface area contributed by atoms with E-state index in [2.05, 4.69) is 31.0 Å². The number of hydrogen-bond acceptors (Lipinski definition) is 9. The summed E-state index contributed by atoms with van der Waals surface area (Å²) in [6, 6.07) is 4.44. The minimum absolute atomic E-state index is 0.247. The normalized spacial score (nSPS) is 19.9. The van der Waals surface area contributed by atoms with Crippen LogP contribution in [0.2, 0.25) is 0 Å². The van der Waals surface area contributed by atoms with Crippen molar-refractivity contribution in [3.63, 3.8) is 0 Å². The summed E-state index contributed by atoms with van der Waals surface area (Å²) in [5.41, 5.74) is 0.949. The van der Waals surface area contributed by atoms with E-state index in [-0.39, 0.29) is 6.10 Å². The van der Waals surface area contributed by atoms with E-state index in [0.717, 1.165) is 44.3 Å². The summed E-state index contributed by atoms with van der Waals surface area (Å²) in [6.07, 6.45) is -8.05. The van der Waals surface area contributed by atoms with Gasteiger partial charge < -0.3 is 19.8 Å². The van der Waals surface area contributed by atoms with Crippen molar-refractivity contribution in [2.75, 3.05) is 31.1 Å². The van der Waals surface area contributed by atoms with E-state index in [1.165, 1.54) is 5.01 Å². The Morgan fingerprint density at radius 3 is 2.17 bits per heavy atom. The monoisotopic (exact) mass is 545 g/mol. The SMILES string of the molecule is Cc1ccc(N2CCO[C@H]3CN(Cc4nccs4)C[C@H]32)nn1.O=C(O)C(F)(F)F.O=C(O)C(F)(F)F. The molecule has 2 N–H and O–H groups in total. The number of anilines is 1. The molecule has 2 aromatic heterocycles. The number of morpholine rings is 1. The van der Waals surface area contributed by atoms with Crippen LogP contribution in [0.5, 0.6) is 0 Å². The van der Waals surface area contributed by atoms with Gasteiger partial charge in [-0.25, -0.2) is 14.6 Å². The number of thiazole rings is 1. The third kappa shape index (κ3) is 8.87. The summed E-state index contributed by atoms with van der Waals surface area (Å²) >= 11 is 1.71. The highest BCUT2D eigenvalue weighted by molar-refractivity contribution is 7.09. The Morgan fingerprint density at radius 2 is 1.69 bits per heavy atom. The van der Waals surface area contributed by atoms with Crippen molar-refractivity contribution in [1.29, 1.82) is 0 Å². The van der Waals surface area contributed by atoms with E-state index in [1.54, 1.807) is 11.3 Å². The standard InChI is InChI=1S/C15H19N5OS.2C2HF3O2/c1-11-2-3-14(18-17-11)20-5-6-21-13-9-19(8-12(13)20)10-15-16-4-7-22-15;2*3-2(4,5)1(6)7/h2-4,7,12-13H,5-6,8-10H2,1H3;2*(H,6,7)/t12-,13+;;/m1../s1. The second kappa shape index (κ2) is 12.3. The number of aryl methyl sites for hydroxylation is 1. The number of carboxylic acids is 2. The molecule has 10 nitrogen and oxygen atoms in total. The highest BCUT2D eigenvalue weighted by Crippen LogP contribution is 2.27. The van der Waals surface area contributed by atoms with Crippen LogP contribution in [-0.2, 0) is 20.9 Å². The number of aromatic nitrogens is 3. The summed E-state index contributed by atoms with van der Waals surface area (Å²) in [7, 11) is 0. The average molecular weight is 545 g/mol. The van der Waals surface area contributed by atoms with Crippen LogP contribution in [0.25, 0.3) is 0 Å². The van der Waals surface area contributed by atoms with Gasteiger partial charge in [0.15, 0.2) is 5.82 Å². The van der Waals surface area contributed by atoms with Crippen LogP contribution in [0.3, 0.4) is 0 Å². The van der Waals surface area contributed by atoms with Crippen LogP contribution in [0.1, 0.15) is 10.7 Å². The Labute approximate surface area is 204 Å². The number of aliphatic carboxylic acids is 2. The smallest absolute Gasteiger partial charge is 0.475 e. The molecule has 2 saturated heterocycles. The first kappa shape index (κ1) is 29.2. The lowest BCUT2D eigenvalue weighted by Gasteiger charge is -2.37. The minimum atomic E-state index is -5.08. The first-order chi connectivity index (χ1) is 16.7. The molecule has 2 atom stereocenters. The van der Waals surface area contributed by atoms with Crippen molar-refractivity contribution in [1.82, 2.24) is 20.1 Å². The first-order valence-corrected chi connectivity index (χ1v) is 11.0. The largest absolute Gasteiger partial charge is 0.490 e. The molecule has 2 aliphatic rings. The predicted octanol–water partition coefficient (Wildman–Crippen LogP) is 2.60. The zero-order valence-electron chi connectivity index (χ0n) is 18.5. The summed E-state index contributed by atoms with van der Waals surface area (Å²) in [5.74, 6) is -4.56. The summed E-state index contributed by atoms with van der Waals surface area (Å²) < 4.78 is 69.5. The number of halogens is 6. The molecule has 2 aliphatic heterocycles. The Morgan fingerprint density at radius 1 is 1.08 bits per heavy atom. The molecule has 0 aromatic carbocycles. The lowest BCUT2D eigenvalue weighted by atomic mass is 10.1. The molecule has 2 fully saturated rings. The molecule has 17 heteroatoms. The van der Waals surface area contributed by atoms with E-state index in [1.807, 2.05) is 24.6 Å². The van der Waals surface area contributed by atoms with E-state index in [9.17, 15) is 26.3 Å². The summed E-state index contributed by atoms with van der Waals surface area (Å²) in [5, 5.41) is 26.0. The number of rotatable bonds is 3. The van der Waals surface area contributed by atoms with E-state index >= 15 is 0 Å². The minimum Gasteiger partial charge on any atom is -0.475 e. The maximum Gasteiger partial charge on any atom is 0.490 e. The van der Waals surface area contributed by atoms with Crippen LogP contribution in [0, 0.1) is 6.92 Å². The molecule has 0 aliphatic carbocycles. The van der Waals surface area contributed by atoms with E-state index in [0.29, 0.717) is 6.04 Å². The maximum atomic E-state index is 10.6. The van der Waals surface area contributed by atoms with Gasteiger partial charge in [0, 0.05) is 31.2 Å². The van der Waals surface area contributed by atoms with Crippen molar-refractivity contribution in [3.05, 3.63) is 34.4 Å². The molecular weight excluding hydrogens is 524 g/mol. The Kier molecular flexibility index (Phi) is 9.94. The van der Waals surface area contributed by atoms with Gasteiger partial charge >= 0.3 is 24.3 Å². The molecule has 0 unspecified atom stereocenters. The fraction of sp³-hybridized carbons (Fsp3) is 0.526. The second-order valence-corrected chi connectivity index (χ2v) is 8.41. The quantitative estimate of drug-likeness (QED) is 0.556. The summed E-state index contributed by atoms with van der Waals surface area (Å²) in [4.78, 5) is 27.0. The number of carboxylic acid groups (broad SMARTS) is 2. The van der Waals surface area contributed by atoms with E-state index < -0.39 is 24.3 Å². The van der Waals surface area contributed by atoms with Gasteiger partial charge in [-0.2, -0.15) is 31.4 Å². The average Bonchev–Trinajstić information content (AvgIpc) is 3.43. The highest BCUT2D eigenvalue weighted by Gasteiger charge is 2.41. The predicted molar refractivity (Wildman–Crippen MR) is 112 cm³/mol. The second-order valence-electron chi connectivity index (χ2n) is 7.43. The zero-order chi connectivity index (χ0) is 27.1. The van der Waals surface area contributed by atoms with Gasteiger partial charge in [0.1, 0.15) is 5.01 Å². The van der Waals surface area contributed by atoms with Crippen molar-refractivity contribution < 1.29 is 50.9 Å². The van der Waals surface area contributed by atoms with Crippen LogP contribution >= 0.6 is 11.3 Å². The molecule has 0 bridgehead atoms. The van der Waals surface area contributed by atoms with Crippen LogP contribution in [0.15, 0.2) is 23.7 Å². The van der Waals surface area contributed by atoms with Gasteiger partial charge in [-0.3, -0.25) is 4.90 Å². The third-order valence-corrected chi connectivity index (χ3v) is 5.55. The number of alkyl halides is 6. The third-order valence-electron chi connectivity index (χ3n) is 4.78. The topological polar surface area (TPSA) is 129 Å². The molecule has 0 amide bonds.